The summed E-state index contributed by atoms with van der Waals surface area (Å²) in [5, 5.41) is 6.33. The van der Waals surface area contributed by atoms with E-state index in [-0.39, 0.29) is 18.1 Å². The van der Waals surface area contributed by atoms with Crippen molar-refractivity contribution in [3.63, 3.8) is 0 Å². The van der Waals surface area contributed by atoms with Gasteiger partial charge in [-0.3, -0.25) is 4.79 Å². The van der Waals surface area contributed by atoms with Crippen molar-refractivity contribution in [3.05, 3.63) is 23.8 Å². The molecule has 1 aromatic rings. The van der Waals surface area contributed by atoms with Crippen molar-refractivity contribution in [2.75, 3.05) is 20.2 Å². The van der Waals surface area contributed by atoms with Crippen LogP contribution in [0, 0.1) is 0 Å². The molecule has 1 atom stereocenters. The highest BCUT2D eigenvalue weighted by molar-refractivity contribution is 5.95. The van der Waals surface area contributed by atoms with Crippen LogP contribution < -0.4 is 20.1 Å². The number of benzene rings is 1. The molecule has 1 amide bonds. The Hall–Kier alpha value is -1.75. The van der Waals surface area contributed by atoms with Crippen molar-refractivity contribution >= 4 is 5.91 Å². The number of ether oxygens (including phenoxy) is 2. The van der Waals surface area contributed by atoms with Gasteiger partial charge in [0.05, 0.1) is 13.2 Å². The zero-order chi connectivity index (χ0) is 15.2. The van der Waals surface area contributed by atoms with Crippen LogP contribution in [0.2, 0.25) is 0 Å². The molecule has 0 spiro atoms. The molecule has 116 valence electrons. The summed E-state index contributed by atoms with van der Waals surface area (Å²) in [5.74, 6) is 1.17. The molecule has 0 radical (unpaired) electrons. The van der Waals surface area contributed by atoms with Crippen LogP contribution in [0.5, 0.6) is 11.5 Å². The summed E-state index contributed by atoms with van der Waals surface area (Å²) in [4.78, 5) is 12.3. The number of amides is 1. The minimum absolute atomic E-state index is 0.0619. The van der Waals surface area contributed by atoms with E-state index in [1.807, 2.05) is 13.8 Å². The lowest BCUT2D eigenvalue weighted by Gasteiger charge is -2.24. The third-order valence-corrected chi connectivity index (χ3v) is 3.42. The first-order chi connectivity index (χ1) is 10.1. The van der Waals surface area contributed by atoms with Gasteiger partial charge in [-0.2, -0.15) is 0 Å². The van der Waals surface area contributed by atoms with Crippen LogP contribution in [-0.2, 0) is 0 Å². The van der Waals surface area contributed by atoms with Gasteiger partial charge >= 0.3 is 0 Å². The van der Waals surface area contributed by atoms with Gasteiger partial charge in [0.2, 0.25) is 0 Å². The van der Waals surface area contributed by atoms with Crippen molar-refractivity contribution in [2.24, 2.45) is 0 Å². The molecule has 1 heterocycles. The first-order valence-corrected chi connectivity index (χ1v) is 7.46. The Kier molecular flexibility index (Phi) is 5.44. The maximum absolute atomic E-state index is 12.3. The van der Waals surface area contributed by atoms with Crippen LogP contribution in [-0.4, -0.2) is 38.3 Å². The minimum Gasteiger partial charge on any atom is -0.493 e. The zero-order valence-corrected chi connectivity index (χ0v) is 12.9. The molecule has 1 unspecified atom stereocenters. The van der Waals surface area contributed by atoms with E-state index in [2.05, 4.69) is 10.6 Å². The molecule has 1 aromatic carbocycles. The topological polar surface area (TPSA) is 59.6 Å². The van der Waals surface area contributed by atoms with Gasteiger partial charge in [0.1, 0.15) is 0 Å². The molecule has 21 heavy (non-hydrogen) atoms. The Balaban J connectivity index is 2.06. The lowest BCUT2D eigenvalue weighted by Crippen LogP contribution is -2.45. The average molecular weight is 292 g/mol. The summed E-state index contributed by atoms with van der Waals surface area (Å²) >= 11 is 0. The quantitative estimate of drug-likeness (QED) is 0.871. The maximum Gasteiger partial charge on any atom is 0.251 e. The van der Waals surface area contributed by atoms with E-state index in [1.165, 1.54) is 0 Å². The SMILES string of the molecule is COc1cc(C(=O)NC2CCCNC2)ccc1OC(C)C. The molecule has 2 N–H and O–H groups in total. The van der Waals surface area contributed by atoms with E-state index in [4.69, 9.17) is 9.47 Å². The number of hydrogen-bond donors (Lipinski definition) is 2. The lowest BCUT2D eigenvalue weighted by atomic mass is 10.1. The fourth-order valence-electron chi connectivity index (χ4n) is 2.40. The molecule has 1 fully saturated rings. The Morgan fingerprint density at radius 1 is 1.38 bits per heavy atom. The number of nitrogens with one attached hydrogen (secondary N) is 2. The Labute approximate surface area is 126 Å². The predicted molar refractivity (Wildman–Crippen MR) is 82.1 cm³/mol. The van der Waals surface area contributed by atoms with E-state index >= 15 is 0 Å². The van der Waals surface area contributed by atoms with E-state index in [0.29, 0.717) is 17.1 Å². The van der Waals surface area contributed by atoms with Crippen molar-refractivity contribution in [3.8, 4) is 11.5 Å². The van der Waals surface area contributed by atoms with Crippen molar-refractivity contribution < 1.29 is 14.3 Å². The van der Waals surface area contributed by atoms with E-state index in [1.54, 1.807) is 25.3 Å². The van der Waals surface area contributed by atoms with E-state index in [0.717, 1.165) is 25.9 Å². The van der Waals surface area contributed by atoms with E-state index < -0.39 is 0 Å². The Morgan fingerprint density at radius 2 is 2.19 bits per heavy atom. The highest BCUT2D eigenvalue weighted by Gasteiger charge is 2.17. The summed E-state index contributed by atoms with van der Waals surface area (Å²) in [6.45, 7) is 5.77. The molecule has 1 saturated heterocycles. The second-order valence-corrected chi connectivity index (χ2v) is 5.55. The van der Waals surface area contributed by atoms with Crippen LogP contribution in [0.15, 0.2) is 18.2 Å². The predicted octanol–water partition coefficient (Wildman–Crippen LogP) is 1.96. The van der Waals surface area contributed by atoms with Gasteiger partial charge in [-0.05, 0) is 51.4 Å². The number of methoxy groups -OCH3 is 1. The van der Waals surface area contributed by atoms with Crippen LogP contribution in [0.4, 0.5) is 0 Å². The molecule has 5 nitrogen and oxygen atoms in total. The van der Waals surface area contributed by atoms with Crippen molar-refractivity contribution in [1.29, 1.82) is 0 Å². The summed E-state index contributed by atoms with van der Waals surface area (Å²) in [6, 6.07) is 5.48. The molecule has 1 aliphatic rings. The van der Waals surface area contributed by atoms with Crippen LogP contribution in [0.3, 0.4) is 0 Å². The summed E-state index contributed by atoms with van der Waals surface area (Å²) in [6.07, 6.45) is 2.17. The number of hydrogen-bond acceptors (Lipinski definition) is 4. The fraction of sp³-hybridized carbons (Fsp3) is 0.562. The molecule has 5 heteroatoms. The van der Waals surface area contributed by atoms with Gasteiger partial charge < -0.3 is 20.1 Å². The third-order valence-electron chi connectivity index (χ3n) is 3.42. The number of piperidine rings is 1. The molecular formula is C16H24N2O3. The summed E-state index contributed by atoms with van der Waals surface area (Å²) in [5.41, 5.74) is 0.591. The van der Waals surface area contributed by atoms with Crippen LogP contribution in [0.1, 0.15) is 37.0 Å². The van der Waals surface area contributed by atoms with Gasteiger partial charge in [-0.15, -0.1) is 0 Å². The van der Waals surface area contributed by atoms with Crippen molar-refractivity contribution in [1.82, 2.24) is 10.6 Å². The third kappa shape index (κ3) is 4.36. The van der Waals surface area contributed by atoms with Crippen molar-refractivity contribution in [2.45, 2.75) is 38.8 Å². The zero-order valence-electron chi connectivity index (χ0n) is 12.9. The smallest absolute Gasteiger partial charge is 0.251 e. The Morgan fingerprint density at radius 3 is 2.81 bits per heavy atom. The number of rotatable bonds is 5. The van der Waals surface area contributed by atoms with Gasteiger partial charge in [-0.1, -0.05) is 0 Å². The van der Waals surface area contributed by atoms with Gasteiger partial charge in [0, 0.05) is 18.2 Å². The first-order valence-electron chi connectivity index (χ1n) is 7.46. The highest BCUT2D eigenvalue weighted by atomic mass is 16.5. The normalized spacial score (nSPS) is 18.4. The van der Waals surface area contributed by atoms with Gasteiger partial charge in [-0.25, -0.2) is 0 Å². The number of carbonyl (C=O) groups excluding carboxylic acids is 1. The standard InChI is InChI=1S/C16H24N2O3/c1-11(2)21-14-7-6-12(9-15(14)20-3)16(19)18-13-5-4-8-17-10-13/h6-7,9,11,13,17H,4-5,8,10H2,1-3H3,(H,18,19). The summed E-state index contributed by atoms with van der Waals surface area (Å²) in [7, 11) is 1.58. The number of carbonyl (C=O) groups is 1. The van der Waals surface area contributed by atoms with Crippen LogP contribution >= 0.6 is 0 Å². The minimum atomic E-state index is -0.0712. The van der Waals surface area contributed by atoms with E-state index in [9.17, 15) is 4.79 Å². The molecule has 0 aromatic heterocycles. The second kappa shape index (κ2) is 7.31. The lowest BCUT2D eigenvalue weighted by molar-refractivity contribution is 0.0930. The molecule has 0 bridgehead atoms. The second-order valence-electron chi connectivity index (χ2n) is 5.55. The monoisotopic (exact) mass is 292 g/mol. The first kappa shape index (κ1) is 15.6. The highest BCUT2D eigenvalue weighted by Crippen LogP contribution is 2.29. The maximum atomic E-state index is 12.3. The molecule has 1 aliphatic heterocycles. The largest absolute Gasteiger partial charge is 0.493 e. The molecule has 0 aliphatic carbocycles. The molecule has 0 saturated carbocycles. The van der Waals surface area contributed by atoms with Crippen LogP contribution in [0.25, 0.3) is 0 Å². The van der Waals surface area contributed by atoms with Gasteiger partial charge in [0.15, 0.2) is 11.5 Å². The van der Waals surface area contributed by atoms with Gasteiger partial charge in [0.25, 0.3) is 5.91 Å². The Bertz CT molecular complexity index is 482. The molecular weight excluding hydrogens is 268 g/mol. The fourth-order valence-corrected chi connectivity index (χ4v) is 2.40. The average Bonchev–Trinajstić information content (AvgIpc) is 2.48. The summed E-state index contributed by atoms with van der Waals surface area (Å²) < 4.78 is 11.0. The molecule has 2 rings (SSSR count).